The van der Waals surface area contributed by atoms with Crippen LogP contribution < -0.4 is 16.0 Å². The summed E-state index contributed by atoms with van der Waals surface area (Å²) in [5.41, 5.74) is 1.79. The number of hydrogen-bond acceptors (Lipinski definition) is 3. The predicted molar refractivity (Wildman–Crippen MR) is 64.5 cm³/mol. The lowest BCUT2D eigenvalue weighted by molar-refractivity contribution is -0.117. The fourth-order valence-electron chi connectivity index (χ4n) is 1.94. The first kappa shape index (κ1) is 12.2. The van der Waals surface area contributed by atoms with Crippen LogP contribution in [0.25, 0.3) is 0 Å². The van der Waals surface area contributed by atoms with Gasteiger partial charge in [0.25, 0.3) is 5.91 Å². The van der Waals surface area contributed by atoms with Gasteiger partial charge in [-0.25, -0.2) is 4.79 Å². The third kappa shape index (κ3) is 2.22. The van der Waals surface area contributed by atoms with E-state index in [1.54, 1.807) is 13.0 Å². The third-order valence-corrected chi connectivity index (χ3v) is 2.73. The largest absolute Gasteiger partial charge is 0.472 e. The molecule has 0 radical (unpaired) electrons. The van der Waals surface area contributed by atoms with Crippen molar-refractivity contribution in [2.45, 2.75) is 19.9 Å². The Bertz CT molecular complexity index is 491. The summed E-state index contributed by atoms with van der Waals surface area (Å²) in [5.74, 6) is -0.200. The number of carbonyl (C=O) groups excluding carboxylic acids is 2. The number of carbonyl (C=O) groups is 2. The Morgan fingerprint density at radius 2 is 2.33 bits per heavy atom. The van der Waals surface area contributed by atoms with Crippen LogP contribution in [0.1, 0.15) is 25.5 Å². The molecular weight excluding hydrogens is 234 g/mol. The molecule has 6 heteroatoms. The summed E-state index contributed by atoms with van der Waals surface area (Å²) in [7, 11) is 0. The van der Waals surface area contributed by atoms with Crippen molar-refractivity contribution in [2.75, 3.05) is 6.54 Å². The first-order valence-corrected chi connectivity index (χ1v) is 5.72. The van der Waals surface area contributed by atoms with Gasteiger partial charge in [-0.1, -0.05) is 0 Å². The summed E-state index contributed by atoms with van der Waals surface area (Å²) >= 11 is 0. The van der Waals surface area contributed by atoms with Gasteiger partial charge in [0.15, 0.2) is 0 Å². The van der Waals surface area contributed by atoms with Gasteiger partial charge >= 0.3 is 6.03 Å². The van der Waals surface area contributed by atoms with E-state index in [2.05, 4.69) is 16.0 Å². The molecule has 2 heterocycles. The van der Waals surface area contributed by atoms with Gasteiger partial charge in [0.05, 0.1) is 24.1 Å². The summed E-state index contributed by atoms with van der Waals surface area (Å²) in [6, 6.07) is 0.916. The quantitative estimate of drug-likeness (QED) is 0.748. The lowest BCUT2D eigenvalue weighted by Gasteiger charge is -2.27. The zero-order valence-electron chi connectivity index (χ0n) is 10.2. The molecular formula is C12H15N3O3. The highest BCUT2D eigenvalue weighted by atomic mass is 16.3. The summed E-state index contributed by atoms with van der Waals surface area (Å²) in [6.45, 7) is 4.08. The van der Waals surface area contributed by atoms with Crippen molar-refractivity contribution in [3.63, 3.8) is 0 Å². The fraction of sp³-hybridized carbons (Fsp3) is 0.333. The normalized spacial score (nSPS) is 19.2. The molecule has 0 aliphatic carbocycles. The molecule has 1 atom stereocenters. The average molecular weight is 249 g/mol. The summed E-state index contributed by atoms with van der Waals surface area (Å²) in [5, 5.41) is 8.04. The van der Waals surface area contributed by atoms with E-state index in [9.17, 15) is 9.59 Å². The predicted octanol–water partition coefficient (Wildman–Crippen LogP) is 1.04. The van der Waals surface area contributed by atoms with E-state index in [0.717, 1.165) is 5.56 Å². The molecule has 1 aromatic heterocycles. The highest BCUT2D eigenvalue weighted by Crippen LogP contribution is 2.26. The fourth-order valence-corrected chi connectivity index (χ4v) is 1.94. The van der Waals surface area contributed by atoms with Crippen LogP contribution in [0, 0.1) is 0 Å². The van der Waals surface area contributed by atoms with E-state index in [1.807, 2.05) is 6.92 Å². The summed E-state index contributed by atoms with van der Waals surface area (Å²) in [6.07, 6.45) is 3.02. The Labute approximate surface area is 104 Å². The first-order chi connectivity index (χ1) is 8.63. The van der Waals surface area contributed by atoms with Crippen molar-refractivity contribution in [1.29, 1.82) is 0 Å². The van der Waals surface area contributed by atoms with E-state index in [1.165, 1.54) is 12.5 Å². The second-order valence-corrected chi connectivity index (χ2v) is 3.99. The number of amides is 3. The number of nitrogens with one attached hydrogen (secondary N) is 3. The van der Waals surface area contributed by atoms with E-state index < -0.39 is 6.04 Å². The maximum atomic E-state index is 12.0. The third-order valence-electron chi connectivity index (χ3n) is 2.73. The smallest absolute Gasteiger partial charge is 0.319 e. The highest BCUT2D eigenvalue weighted by Gasteiger charge is 2.31. The Balaban J connectivity index is 2.38. The summed E-state index contributed by atoms with van der Waals surface area (Å²) in [4.78, 5) is 23.5. The molecule has 0 saturated heterocycles. The molecule has 1 aliphatic rings. The molecule has 2 rings (SSSR count). The molecule has 0 aromatic carbocycles. The van der Waals surface area contributed by atoms with Gasteiger partial charge in [0, 0.05) is 17.8 Å². The van der Waals surface area contributed by atoms with Crippen LogP contribution >= 0.6 is 0 Å². The molecule has 1 aliphatic heterocycles. The monoisotopic (exact) mass is 249 g/mol. The minimum atomic E-state index is -0.482. The van der Waals surface area contributed by atoms with E-state index in [4.69, 9.17) is 4.42 Å². The molecule has 0 fully saturated rings. The van der Waals surface area contributed by atoms with E-state index >= 15 is 0 Å². The van der Waals surface area contributed by atoms with Crippen molar-refractivity contribution in [3.8, 4) is 0 Å². The van der Waals surface area contributed by atoms with E-state index in [-0.39, 0.29) is 11.9 Å². The number of likely N-dealkylation sites (N-methyl/N-ethyl adjacent to an activating group) is 1. The van der Waals surface area contributed by atoms with Gasteiger partial charge in [-0.05, 0) is 19.9 Å². The van der Waals surface area contributed by atoms with Crippen LogP contribution in [-0.4, -0.2) is 18.5 Å². The van der Waals surface area contributed by atoms with Crippen LogP contribution in [0.4, 0.5) is 4.79 Å². The minimum absolute atomic E-state index is 0.200. The zero-order valence-corrected chi connectivity index (χ0v) is 10.2. The van der Waals surface area contributed by atoms with Gasteiger partial charge in [0.2, 0.25) is 0 Å². The topological polar surface area (TPSA) is 83.4 Å². The van der Waals surface area contributed by atoms with Gasteiger partial charge in [-0.3, -0.25) is 4.79 Å². The maximum Gasteiger partial charge on any atom is 0.319 e. The number of furan rings is 1. The number of urea groups is 1. The Morgan fingerprint density at radius 1 is 1.56 bits per heavy atom. The molecule has 3 amide bonds. The Morgan fingerprint density at radius 3 is 2.94 bits per heavy atom. The van der Waals surface area contributed by atoms with Crippen molar-refractivity contribution >= 4 is 11.9 Å². The molecule has 0 saturated carbocycles. The Hall–Kier alpha value is -2.24. The summed E-state index contributed by atoms with van der Waals surface area (Å²) < 4.78 is 5.00. The standard InChI is InChI=1S/C12H15N3O3/c1-3-13-11(16)9-7(2)14-12(17)15-10(9)8-4-5-18-6-8/h4-6,10H,3H2,1-2H3,(H,13,16)(H2,14,15,17). The van der Waals surface area contributed by atoms with Crippen LogP contribution in [0.2, 0.25) is 0 Å². The average Bonchev–Trinajstić information content (AvgIpc) is 2.81. The minimum Gasteiger partial charge on any atom is -0.472 e. The number of rotatable bonds is 3. The van der Waals surface area contributed by atoms with E-state index in [0.29, 0.717) is 17.8 Å². The molecule has 1 aromatic rings. The van der Waals surface area contributed by atoms with Gasteiger partial charge in [-0.2, -0.15) is 0 Å². The zero-order chi connectivity index (χ0) is 13.1. The van der Waals surface area contributed by atoms with Gasteiger partial charge in [-0.15, -0.1) is 0 Å². The van der Waals surface area contributed by atoms with Crippen LogP contribution in [0.15, 0.2) is 34.3 Å². The van der Waals surface area contributed by atoms with Crippen molar-refractivity contribution in [1.82, 2.24) is 16.0 Å². The number of allylic oxidation sites excluding steroid dienone is 1. The molecule has 6 nitrogen and oxygen atoms in total. The van der Waals surface area contributed by atoms with Crippen molar-refractivity contribution in [2.24, 2.45) is 0 Å². The first-order valence-electron chi connectivity index (χ1n) is 5.72. The molecule has 3 N–H and O–H groups in total. The lowest BCUT2D eigenvalue weighted by atomic mass is 9.97. The second kappa shape index (κ2) is 4.95. The maximum absolute atomic E-state index is 12.0. The van der Waals surface area contributed by atoms with Gasteiger partial charge < -0.3 is 20.4 Å². The Kier molecular flexibility index (Phi) is 3.36. The van der Waals surface area contributed by atoms with Crippen LogP contribution in [0.5, 0.6) is 0 Å². The van der Waals surface area contributed by atoms with Crippen LogP contribution in [-0.2, 0) is 4.79 Å². The molecule has 1 unspecified atom stereocenters. The van der Waals surface area contributed by atoms with Crippen molar-refractivity contribution in [3.05, 3.63) is 35.4 Å². The second-order valence-electron chi connectivity index (χ2n) is 3.99. The highest BCUT2D eigenvalue weighted by molar-refractivity contribution is 5.98. The van der Waals surface area contributed by atoms with Crippen LogP contribution in [0.3, 0.4) is 0 Å². The molecule has 0 spiro atoms. The SMILES string of the molecule is CCNC(=O)C1=C(C)NC(=O)NC1c1ccoc1. The molecule has 18 heavy (non-hydrogen) atoms. The van der Waals surface area contributed by atoms with Gasteiger partial charge in [0.1, 0.15) is 0 Å². The lowest BCUT2D eigenvalue weighted by Crippen LogP contribution is -2.46. The van der Waals surface area contributed by atoms with Crippen molar-refractivity contribution < 1.29 is 14.0 Å². The molecule has 0 bridgehead atoms. The number of hydrogen-bond donors (Lipinski definition) is 3. The molecule has 96 valence electrons.